The average molecular weight is 292 g/mol. The molecule has 1 heterocycles. The summed E-state index contributed by atoms with van der Waals surface area (Å²) >= 11 is 0. The van der Waals surface area contributed by atoms with Crippen LogP contribution in [-0.2, 0) is 15.6 Å². The maximum atomic E-state index is 11.3. The van der Waals surface area contributed by atoms with E-state index in [0.29, 0.717) is 11.8 Å². The average Bonchev–Trinajstić information content (AvgIpc) is 3.11. The Hall–Kier alpha value is -1.69. The van der Waals surface area contributed by atoms with Gasteiger partial charge in [-0.15, -0.1) is 0 Å². The summed E-state index contributed by atoms with van der Waals surface area (Å²) in [7, 11) is -3.14. The van der Waals surface area contributed by atoms with E-state index in [-0.39, 0.29) is 17.5 Å². The molecular formula is C14H16N2O3S. The third kappa shape index (κ3) is 3.07. The van der Waals surface area contributed by atoms with Crippen LogP contribution in [0.3, 0.4) is 0 Å². The standard InChI is InChI=1S/C14H16N2O3S/c1-20(17,18)9-12-15-14(19-16-12)13(11-7-8-11)10-5-3-2-4-6-10/h2-6,11,13H,7-9H2,1H3. The lowest BCUT2D eigenvalue weighted by Crippen LogP contribution is -2.05. The molecule has 6 heteroatoms. The molecule has 1 atom stereocenters. The van der Waals surface area contributed by atoms with Gasteiger partial charge in [0.2, 0.25) is 5.89 Å². The number of nitrogens with zero attached hydrogens (tertiary/aromatic N) is 2. The first kappa shape index (κ1) is 13.3. The highest BCUT2D eigenvalue weighted by atomic mass is 32.2. The Morgan fingerprint density at radius 2 is 2.00 bits per heavy atom. The van der Waals surface area contributed by atoms with Gasteiger partial charge in [0.1, 0.15) is 5.75 Å². The van der Waals surface area contributed by atoms with Gasteiger partial charge in [-0.05, 0) is 24.3 Å². The molecule has 3 rings (SSSR count). The van der Waals surface area contributed by atoms with Gasteiger partial charge in [-0.25, -0.2) is 8.42 Å². The SMILES string of the molecule is CS(=O)(=O)Cc1noc(C(c2ccccc2)C2CC2)n1. The molecule has 20 heavy (non-hydrogen) atoms. The van der Waals surface area contributed by atoms with E-state index >= 15 is 0 Å². The summed E-state index contributed by atoms with van der Waals surface area (Å²) in [5.41, 5.74) is 1.14. The lowest BCUT2D eigenvalue weighted by atomic mass is 9.94. The van der Waals surface area contributed by atoms with E-state index in [2.05, 4.69) is 10.1 Å². The number of sulfone groups is 1. The van der Waals surface area contributed by atoms with Crippen LogP contribution in [0.5, 0.6) is 0 Å². The third-order valence-corrected chi connectivity index (χ3v) is 4.18. The van der Waals surface area contributed by atoms with E-state index in [0.717, 1.165) is 18.4 Å². The van der Waals surface area contributed by atoms with Crippen molar-refractivity contribution in [3.63, 3.8) is 0 Å². The van der Waals surface area contributed by atoms with Crippen molar-refractivity contribution in [3.8, 4) is 0 Å². The topological polar surface area (TPSA) is 73.1 Å². The van der Waals surface area contributed by atoms with Gasteiger partial charge in [-0.3, -0.25) is 0 Å². The molecule has 5 nitrogen and oxygen atoms in total. The second-order valence-corrected chi connectivity index (χ2v) is 7.48. The van der Waals surface area contributed by atoms with Crippen LogP contribution >= 0.6 is 0 Å². The van der Waals surface area contributed by atoms with Crippen molar-refractivity contribution in [1.29, 1.82) is 0 Å². The third-order valence-electron chi connectivity index (χ3n) is 3.39. The van der Waals surface area contributed by atoms with Crippen molar-refractivity contribution in [2.24, 2.45) is 5.92 Å². The summed E-state index contributed by atoms with van der Waals surface area (Å²) in [6, 6.07) is 10.0. The van der Waals surface area contributed by atoms with Crippen LogP contribution in [0, 0.1) is 5.92 Å². The summed E-state index contributed by atoms with van der Waals surface area (Å²) < 4.78 is 27.9. The molecule has 1 aliphatic rings. The maximum Gasteiger partial charge on any atom is 0.234 e. The van der Waals surface area contributed by atoms with E-state index in [1.165, 1.54) is 6.26 Å². The van der Waals surface area contributed by atoms with Crippen molar-refractivity contribution in [2.45, 2.75) is 24.5 Å². The van der Waals surface area contributed by atoms with Gasteiger partial charge in [0.05, 0.1) is 5.92 Å². The molecule has 1 aromatic carbocycles. The van der Waals surface area contributed by atoms with Gasteiger partial charge in [0.25, 0.3) is 0 Å². The normalized spacial score (nSPS) is 17.1. The molecule has 0 bridgehead atoms. The molecule has 0 amide bonds. The zero-order chi connectivity index (χ0) is 14.2. The summed E-state index contributed by atoms with van der Waals surface area (Å²) in [5, 5.41) is 3.79. The van der Waals surface area contributed by atoms with Crippen molar-refractivity contribution < 1.29 is 12.9 Å². The number of aromatic nitrogens is 2. The van der Waals surface area contributed by atoms with Crippen LogP contribution in [0.2, 0.25) is 0 Å². The van der Waals surface area contributed by atoms with Gasteiger partial charge in [0.15, 0.2) is 15.7 Å². The molecule has 0 aliphatic heterocycles. The van der Waals surface area contributed by atoms with Crippen molar-refractivity contribution in [2.75, 3.05) is 6.26 Å². The first-order chi connectivity index (χ1) is 9.53. The lowest BCUT2D eigenvalue weighted by Gasteiger charge is -2.11. The fourth-order valence-electron chi connectivity index (χ4n) is 2.39. The zero-order valence-corrected chi connectivity index (χ0v) is 12.0. The highest BCUT2D eigenvalue weighted by molar-refractivity contribution is 7.89. The Bertz CT molecular complexity index is 690. The number of hydrogen-bond donors (Lipinski definition) is 0. The van der Waals surface area contributed by atoms with Crippen LogP contribution in [0.25, 0.3) is 0 Å². The minimum atomic E-state index is -3.14. The van der Waals surface area contributed by atoms with Crippen LogP contribution in [0.1, 0.15) is 36.0 Å². The number of benzene rings is 1. The Morgan fingerprint density at radius 3 is 2.60 bits per heavy atom. The van der Waals surface area contributed by atoms with Crippen molar-refractivity contribution in [3.05, 3.63) is 47.6 Å². The smallest absolute Gasteiger partial charge is 0.234 e. The molecule has 0 spiro atoms. The van der Waals surface area contributed by atoms with Gasteiger partial charge < -0.3 is 4.52 Å². The van der Waals surface area contributed by atoms with E-state index < -0.39 is 9.84 Å². The largest absolute Gasteiger partial charge is 0.339 e. The molecular weight excluding hydrogens is 276 g/mol. The van der Waals surface area contributed by atoms with Crippen LogP contribution < -0.4 is 0 Å². The van der Waals surface area contributed by atoms with Crippen molar-refractivity contribution in [1.82, 2.24) is 10.1 Å². The second-order valence-electron chi connectivity index (χ2n) is 5.34. The quantitative estimate of drug-likeness (QED) is 0.844. The van der Waals surface area contributed by atoms with E-state index in [9.17, 15) is 8.42 Å². The molecule has 106 valence electrons. The Kier molecular flexibility index (Phi) is 3.33. The fourth-order valence-corrected chi connectivity index (χ4v) is 2.98. The van der Waals surface area contributed by atoms with Crippen LogP contribution in [0.15, 0.2) is 34.9 Å². The predicted octanol–water partition coefficient (Wildman–Crippen LogP) is 2.16. The predicted molar refractivity (Wildman–Crippen MR) is 73.9 cm³/mol. The number of hydrogen-bond acceptors (Lipinski definition) is 5. The van der Waals surface area contributed by atoms with E-state index in [1.807, 2.05) is 30.3 Å². The van der Waals surface area contributed by atoms with Gasteiger partial charge in [0, 0.05) is 6.26 Å². The minimum Gasteiger partial charge on any atom is -0.339 e. The fraction of sp³-hybridized carbons (Fsp3) is 0.429. The van der Waals surface area contributed by atoms with E-state index in [1.54, 1.807) is 0 Å². The van der Waals surface area contributed by atoms with E-state index in [4.69, 9.17) is 4.52 Å². The molecule has 1 fully saturated rings. The summed E-state index contributed by atoms with van der Waals surface area (Å²) in [4.78, 5) is 4.28. The molecule has 0 saturated heterocycles. The highest BCUT2D eigenvalue weighted by Crippen LogP contribution is 2.45. The molecule has 1 aliphatic carbocycles. The van der Waals surface area contributed by atoms with Gasteiger partial charge in [-0.1, -0.05) is 35.5 Å². The monoisotopic (exact) mass is 292 g/mol. The molecule has 1 aromatic heterocycles. The van der Waals surface area contributed by atoms with Crippen LogP contribution in [-0.4, -0.2) is 24.8 Å². The van der Waals surface area contributed by atoms with Gasteiger partial charge >= 0.3 is 0 Å². The molecule has 2 aromatic rings. The molecule has 0 radical (unpaired) electrons. The van der Waals surface area contributed by atoms with Crippen molar-refractivity contribution >= 4 is 9.84 Å². The zero-order valence-electron chi connectivity index (χ0n) is 11.2. The van der Waals surface area contributed by atoms with Crippen LogP contribution in [0.4, 0.5) is 0 Å². The molecule has 1 saturated carbocycles. The summed E-state index contributed by atoms with van der Waals surface area (Å²) in [6.45, 7) is 0. The Morgan fingerprint density at radius 1 is 1.30 bits per heavy atom. The Labute approximate surface area is 117 Å². The summed E-state index contributed by atoms with van der Waals surface area (Å²) in [6.07, 6.45) is 3.45. The first-order valence-electron chi connectivity index (χ1n) is 6.58. The molecule has 1 unspecified atom stereocenters. The first-order valence-corrected chi connectivity index (χ1v) is 8.64. The summed E-state index contributed by atoms with van der Waals surface area (Å²) in [5.74, 6) is 1.19. The molecule has 0 N–H and O–H groups in total. The highest BCUT2D eigenvalue weighted by Gasteiger charge is 2.37. The second kappa shape index (κ2) is 5.01. The van der Waals surface area contributed by atoms with Gasteiger partial charge in [-0.2, -0.15) is 4.98 Å². The Balaban J connectivity index is 1.89. The lowest BCUT2D eigenvalue weighted by molar-refractivity contribution is 0.353. The maximum absolute atomic E-state index is 11.3. The number of rotatable bonds is 5. The minimum absolute atomic E-state index is 0.0806.